The zero-order valence-corrected chi connectivity index (χ0v) is 7.28. The molecule has 0 saturated carbocycles. The van der Waals surface area contributed by atoms with Crippen molar-refractivity contribution in [1.29, 1.82) is 0 Å². The minimum atomic E-state index is 0.846. The van der Waals surface area contributed by atoms with E-state index in [1.807, 2.05) is 0 Å². The van der Waals surface area contributed by atoms with Crippen molar-refractivity contribution >= 4 is 12.6 Å². The maximum absolute atomic E-state index is 4.25. The summed E-state index contributed by atoms with van der Waals surface area (Å²) in [6, 6.07) is 6.33. The minimum Gasteiger partial charge on any atom is -0.175 e. The first-order valence-corrected chi connectivity index (χ1v) is 4.05. The lowest BCUT2D eigenvalue weighted by molar-refractivity contribution is 1.25. The van der Waals surface area contributed by atoms with Gasteiger partial charge in [0.2, 0.25) is 0 Å². The van der Waals surface area contributed by atoms with Gasteiger partial charge in [0, 0.05) is 5.75 Å². The first-order chi connectivity index (χ1) is 4.75. The molecule has 0 bridgehead atoms. The van der Waals surface area contributed by atoms with E-state index in [4.69, 9.17) is 0 Å². The zero-order valence-electron chi connectivity index (χ0n) is 6.39. The Morgan fingerprint density at radius 2 is 1.70 bits per heavy atom. The van der Waals surface area contributed by atoms with Gasteiger partial charge in [0.15, 0.2) is 0 Å². The molecule has 0 unspecified atom stereocenters. The maximum Gasteiger partial charge on any atom is 0.0159 e. The van der Waals surface area contributed by atoms with Gasteiger partial charge in [-0.25, -0.2) is 0 Å². The van der Waals surface area contributed by atoms with Crippen LogP contribution in [0.4, 0.5) is 0 Å². The predicted octanol–water partition coefficient (Wildman–Crippen LogP) is 2.73. The van der Waals surface area contributed by atoms with Gasteiger partial charge in [0.25, 0.3) is 0 Å². The molecule has 0 aliphatic heterocycles. The van der Waals surface area contributed by atoms with Crippen LogP contribution in [-0.2, 0) is 5.75 Å². The van der Waals surface area contributed by atoms with Gasteiger partial charge < -0.3 is 0 Å². The molecule has 0 amide bonds. The van der Waals surface area contributed by atoms with E-state index in [1.54, 1.807) is 0 Å². The molecule has 0 fully saturated rings. The summed E-state index contributed by atoms with van der Waals surface area (Å²) >= 11 is 4.25. The van der Waals surface area contributed by atoms with Crippen molar-refractivity contribution in [2.24, 2.45) is 0 Å². The zero-order chi connectivity index (χ0) is 7.56. The lowest BCUT2D eigenvalue weighted by atomic mass is 10.1. The predicted molar refractivity (Wildman–Crippen MR) is 48.6 cm³/mol. The van der Waals surface area contributed by atoms with E-state index in [1.165, 1.54) is 16.7 Å². The van der Waals surface area contributed by atoms with Crippen molar-refractivity contribution in [3.8, 4) is 0 Å². The highest BCUT2D eigenvalue weighted by molar-refractivity contribution is 7.79. The fourth-order valence-corrected chi connectivity index (χ4v) is 1.60. The van der Waals surface area contributed by atoms with Crippen molar-refractivity contribution in [3.05, 3.63) is 34.9 Å². The van der Waals surface area contributed by atoms with Gasteiger partial charge >= 0.3 is 0 Å². The van der Waals surface area contributed by atoms with E-state index >= 15 is 0 Å². The third-order valence-electron chi connectivity index (χ3n) is 1.80. The van der Waals surface area contributed by atoms with Crippen molar-refractivity contribution in [1.82, 2.24) is 0 Å². The molecule has 1 rings (SSSR count). The van der Waals surface area contributed by atoms with Crippen molar-refractivity contribution in [3.63, 3.8) is 0 Å². The summed E-state index contributed by atoms with van der Waals surface area (Å²) in [6.07, 6.45) is 0. The van der Waals surface area contributed by atoms with Crippen molar-refractivity contribution in [2.45, 2.75) is 19.6 Å². The van der Waals surface area contributed by atoms with Crippen LogP contribution in [0.3, 0.4) is 0 Å². The Hall–Kier alpha value is -0.430. The van der Waals surface area contributed by atoms with E-state index < -0.39 is 0 Å². The Bertz CT molecular complexity index is 208. The van der Waals surface area contributed by atoms with Crippen LogP contribution < -0.4 is 0 Å². The molecule has 0 aliphatic rings. The number of benzene rings is 1. The molecule has 1 aromatic rings. The number of thiol groups is 1. The highest BCUT2D eigenvalue weighted by Crippen LogP contribution is 2.14. The van der Waals surface area contributed by atoms with Crippen LogP contribution in [0.5, 0.6) is 0 Å². The smallest absolute Gasteiger partial charge is 0.0159 e. The summed E-state index contributed by atoms with van der Waals surface area (Å²) in [4.78, 5) is 0. The Morgan fingerprint density at radius 1 is 1.20 bits per heavy atom. The van der Waals surface area contributed by atoms with E-state index in [0.29, 0.717) is 0 Å². The average molecular weight is 152 g/mol. The maximum atomic E-state index is 4.25. The first-order valence-electron chi connectivity index (χ1n) is 3.41. The lowest BCUT2D eigenvalue weighted by Gasteiger charge is -2.04. The topological polar surface area (TPSA) is 0 Å². The molecule has 0 atom stereocenters. The molecule has 0 heterocycles. The summed E-state index contributed by atoms with van der Waals surface area (Å²) < 4.78 is 0. The Kier molecular flexibility index (Phi) is 2.39. The van der Waals surface area contributed by atoms with Crippen LogP contribution in [0.2, 0.25) is 0 Å². The molecule has 0 radical (unpaired) electrons. The lowest BCUT2D eigenvalue weighted by Crippen LogP contribution is -1.87. The molecule has 0 spiro atoms. The molecular weight excluding hydrogens is 140 g/mol. The van der Waals surface area contributed by atoms with Crippen LogP contribution in [0, 0.1) is 13.8 Å². The highest BCUT2D eigenvalue weighted by Gasteiger charge is 1.96. The standard InChI is InChI=1S/C9H12S/c1-7-4-3-5-8(2)9(7)6-10/h3-5,10H,6H2,1-2H3. The van der Waals surface area contributed by atoms with Gasteiger partial charge in [-0.05, 0) is 30.5 Å². The van der Waals surface area contributed by atoms with Gasteiger partial charge in [-0.15, -0.1) is 0 Å². The quantitative estimate of drug-likeness (QED) is 0.588. The summed E-state index contributed by atoms with van der Waals surface area (Å²) in [7, 11) is 0. The summed E-state index contributed by atoms with van der Waals surface area (Å²) in [5.74, 6) is 0.846. The van der Waals surface area contributed by atoms with Crippen molar-refractivity contribution < 1.29 is 0 Å². The van der Waals surface area contributed by atoms with Crippen LogP contribution in [0.1, 0.15) is 16.7 Å². The molecule has 54 valence electrons. The van der Waals surface area contributed by atoms with Gasteiger partial charge in [-0.1, -0.05) is 18.2 Å². The normalized spacial score (nSPS) is 9.90. The highest BCUT2D eigenvalue weighted by atomic mass is 32.1. The van der Waals surface area contributed by atoms with Gasteiger partial charge in [-0.3, -0.25) is 0 Å². The van der Waals surface area contributed by atoms with Crippen LogP contribution >= 0.6 is 12.6 Å². The fraction of sp³-hybridized carbons (Fsp3) is 0.333. The number of hydrogen-bond donors (Lipinski definition) is 1. The third-order valence-corrected chi connectivity index (χ3v) is 2.12. The molecular formula is C9H12S. The van der Waals surface area contributed by atoms with E-state index in [0.717, 1.165) is 5.75 Å². The molecule has 10 heavy (non-hydrogen) atoms. The van der Waals surface area contributed by atoms with Crippen LogP contribution in [0.25, 0.3) is 0 Å². The SMILES string of the molecule is Cc1cccc(C)c1CS. The molecule has 0 aliphatic carbocycles. The molecule has 0 nitrogen and oxygen atoms in total. The number of aryl methyl sites for hydroxylation is 2. The summed E-state index contributed by atoms with van der Waals surface area (Å²) in [5, 5.41) is 0. The molecule has 0 N–H and O–H groups in total. The monoisotopic (exact) mass is 152 g/mol. The second-order valence-corrected chi connectivity index (χ2v) is 2.84. The van der Waals surface area contributed by atoms with Crippen LogP contribution in [0.15, 0.2) is 18.2 Å². The van der Waals surface area contributed by atoms with Gasteiger partial charge in [-0.2, -0.15) is 12.6 Å². The van der Waals surface area contributed by atoms with E-state index in [2.05, 4.69) is 44.7 Å². The second kappa shape index (κ2) is 3.11. The minimum absolute atomic E-state index is 0.846. The summed E-state index contributed by atoms with van der Waals surface area (Å²) in [5.41, 5.74) is 4.05. The number of rotatable bonds is 1. The molecule has 0 saturated heterocycles. The van der Waals surface area contributed by atoms with Gasteiger partial charge in [0.05, 0.1) is 0 Å². The Morgan fingerprint density at radius 3 is 2.00 bits per heavy atom. The first kappa shape index (κ1) is 7.67. The average Bonchev–Trinajstić information content (AvgIpc) is 1.88. The molecule has 1 aromatic carbocycles. The Balaban J connectivity index is 3.17. The summed E-state index contributed by atoms with van der Waals surface area (Å²) in [6.45, 7) is 4.25. The molecule has 1 heteroatoms. The second-order valence-electron chi connectivity index (χ2n) is 2.53. The van der Waals surface area contributed by atoms with Gasteiger partial charge in [0.1, 0.15) is 0 Å². The van der Waals surface area contributed by atoms with Crippen molar-refractivity contribution in [2.75, 3.05) is 0 Å². The molecule has 0 aromatic heterocycles. The number of hydrogen-bond acceptors (Lipinski definition) is 1. The fourth-order valence-electron chi connectivity index (χ4n) is 1.10. The van der Waals surface area contributed by atoms with E-state index in [-0.39, 0.29) is 0 Å². The Labute approximate surface area is 67.7 Å². The third kappa shape index (κ3) is 1.35. The largest absolute Gasteiger partial charge is 0.175 e. The van der Waals surface area contributed by atoms with Crippen LogP contribution in [-0.4, -0.2) is 0 Å². The van der Waals surface area contributed by atoms with E-state index in [9.17, 15) is 0 Å².